The number of hydrogen-bond donors (Lipinski definition) is 4. The van der Waals surface area contributed by atoms with Crippen LogP contribution in [0.4, 0.5) is 30.2 Å². The number of anilines is 3. The van der Waals surface area contributed by atoms with Gasteiger partial charge in [-0.2, -0.15) is 0 Å². The van der Waals surface area contributed by atoms with Crippen molar-refractivity contribution >= 4 is 104 Å². The Hall–Kier alpha value is -8.91. The lowest BCUT2D eigenvalue weighted by molar-refractivity contribution is 0.0956. The van der Waals surface area contributed by atoms with Gasteiger partial charge in [-0.25, -0.2) is 38.4 Å². The highest BCUT2D eigenvalue weighted by Gasteiger charge is 2.35. The lowest BCUT2D eigenvalue weighted by Crippen LogP contribution is -2.30. The summed E-state index contributed by atoms with van der Waals surface area (Å²) >= 11 is 0. The molecule has 19 nitrogen and oxygen atoms in total. The van der Waals surface area contributed by atoms with Gasteiger partial charge in [0.25, 0.3) is 17.7 Å². The van der Waals surface area contributed by atoms with Gasteiger partial charge in [0.2, 0.25) is 30.1 Å². The number of fused-ring (bicyclic) bond motifs is 6. The first-order valence-corrected chi connectivity index (χ1v) is 34.6. The summed E-state index contributed by atoms with van der Waals surface area (Å²) in [6.45, 7) is 6.82. The van der Waals surface area contributed by atoms with E-state index in [1.807, 2.05) is 26.0 Å². The first-order valence-electron chi connectivity index (χ1n) is 29.0. The molecule has 3 unspecified atom stereocenters. The lowest BCUT2D eigenvalue weighted by atomic mass is 9.93. The zero-order valence-corrected chi connectivity index (χ0v) is 53.6. The van der Waals surface area contributed by atoms with Gasteiger partial charge < -0.3 is 34.3 Å². The highest BCUT2D eigenvalue weighted by molar-refractivity contribution is 7.92. The third-order valence-electron chi connectivity index (χ3n) is 16.4. The summed E-state index contributed by atoms with van der Waals surface area (Å²) in [4.78, 5) is 38.2. The number of furan rings is 3. The molecule has 0 radical (unpaired) electrons. The highest BCUT2D eigenvalue weighted by atomic mass is 32.2. The molecule has 12 rings (SSSR count). The predicted octanol–water partition coefficient (Wildman–Crippen LogP) is 11.6. The summed E-state index contributed by atoms with van der Waals surface area (Å²) in [7, 11) is -6.02. The van der Waals surface area contributed by atoms with Gasteiger partial charge in [-0.15, -0.1) is 0 Å². The molecule has 0 saturated carbocycles. The van der Waals surface area contributed by atoms with Crippen LogP contribution in [0, 0.1) is 29.3 Å². The summed E-state index contributed by atoms with van der Waals surface area (Å²) in [6, 6.07) is 27.1. The van der Waals surface area contributed by atoms with Gasteiger partial charge in [0, 0.05) is 97.4 Å². The van der Waals surface area contributed by atoms with Crippen molar-refractivity contribution in [1.29, 1.82) is 0 Å². The van der Waals surface area contributed by atoms with Gasteiger partial charge in [-0.05, 0) is 147 Å². The molecule has 0 bridgehead atoms. The van der Waals surface area contributed by atoms with Crippen molar-refractivity contribution in [2.45, 2.75) is 52.6 Å². The van der Waals surface area contributed by atoms with Gasteiger partial charge in [-0.1, -0.05) is 25.5 Å². The summed E-state index contributed by atoms with van der Waals surface area (Å²) in [6.07, 6.45) is 7.02. The number of aliphatic hydroxyl groups is 1. The molecule has 3 amide bonds. The SMILES string of the molecule is CNC(=O)c1c(-c2ccc(F)cc2)oc2cc3c(cc12)C(O)C(C)CCN3S(C)(=O)=O.CNC(=O)c1c(-c2ccc(F)cc2)oc2cc3c(cc12)C=C(C)CCN3S(C)(=O)=O.CNC(=O)c1c(-c2ccc(F)cc2)oc2cc3c(cc12)CC(C)CCN3S(C)(=O)=O. The quantitative estimate of drug-likeness (QED) is 0.105. The molecule has 6 heterocycles. The number of benzene rings is 6. The third kappa shape index (κ3) is 13.2. The number of halogens is 3. The molecule has 4 N–H and O–H groups in total. The van der Waals surface area contributed by atoms with Crippen LogP contribution < -0.4 is 28.9 Å². The van der Waals surface area contributed by atoms with Crippen molar-refractivity contribution in [3.8, 4) is 34.0 Å². The summed E-state index contributed by atoms with van der Waals surface area (Å²) in [5.74, 6) is -1.31. The number of carbonyl (C=O) groups is 3. The van der Waals surface area contributed by atoms with Crippen molar-refractivity contribution in [3.63, 3.8) is 0 Å². The molecule has 0 saturated heterocycles. The largest absolute Gasteiger partial charge is 0.455 e. The Labute approximate surface area is 524 Å². The summed E-state index contributed by atoms with van der Waals surface area (Å²) in [5, 5.41) is 20.4. The van der Waals surface area contributed by atoms with E-state index in [1.54, 1.807) is 42.5 Å². The molecular weight excluding hydrogens is 1240 g/mol. The molecule has 9 aromatic rings. The standard InChI is InChI=1S/C22H23FN2O5S.C22H23FN2O4S.C22H21FN2O4S/c1-12-8-9-25(31(3,28)29)17-11-18-16(10-15(17)20(12)26)19(22(27)24-2)21(30-18)13-4-6-14(23)7-5-13;2*1-13-8-9-25(30(3,27)28)18-12-19-17(11-15(18)10-13)20(22(26)24-2)21(29-19)14-4-6-16(23)7-5-14/h4-7,10-12,20,26H,8-9H2,1-3H3,(H,24,27);4-7,11-13H,8-10H2,1-3H3,(H,24,26);4-7,10-12H,8-9H2,1-3H3,(H,24,26). The Morgan fingerprint density at radius 3 is 1.32 bits per heavy atom. The molecule has 3 atom stereocenters. The Bertz CT molecular complexity index is 4710. The van der Waals surface area contributed by atoms with Crippen LogP contribution in [0.5, 0.6) is 0 Å². The molecule has 3 aliphatic rings. The van der Waals surface area contributed by atoms with Gasteiger partial charge in [0.15, 0.2) is 0 Å². The van der Waals surface area contributed by atoms with E-state index < -0.39 is 53.7 Å². The average Bonchev–Trinajstić information content (AvgIpc) is 1.63. The smallest absolute Gasteiger partial charge is 0.255 e. The Balaban J connectivity index is 0.000000150. The van der Waals surface area contributed by atoms with E-state index in [1.165, 1.54) is 107 Å². The van der Waals surface area contributed by atoms with Gasteiger partial charge in [0.05, 0.1) is 58.6 Å². The second-order valence-electron chi connectivity index (χ2n) is 23.0. The third-order valence-corrected chi connectivity index (χ3v) is 19.9. The summed E-state index contributed by atoms with van der Waals surface area (Å²) in [5.41, 5.74) is 8.03. The van der Waals surface area contributed by atoms with Crippen molar-refractivity contribution < 1.29 is 71.2 Å². The Morgan fingerprint density at radius 2 is 0.890 bits per heavy atom. The van der Waals surface area contributed by atoms with Crippen molar-refractivity contribution in [3.05, 3.63) is 166 Å². The van der Waals surface area contributed by atoms with Crippen LogP contribution in [0.25, 0.3) is 73.0 Å². The maximum Gasteiger partial charge on any atom is 0.255 e. The summed E-state index contributed by atoms with van der Waals surface area (Å²) < 4.78 is 137. The van der Waals surface area contributed by atoms with Crippen LogP contribution in [-0.4, -0.2) is 108 Å². The van der Waals surface area contributed by atoms with E-state index in [-0.39, 0.29) is 41.4 Å². The van der Waals surface area contributed by atoms with Gasteiger partial charge in [0.1, 0.15) is 51.5 Å². The lowest BCUT2D eigenvalue weighted by Gasteiger charge is -2.22. The molecule has 6 aromatic carbocycles. The van der Waals surface area contributed by atoms with Gasteiger partial charge >= 0.3 is 0 Å². The van der Waals surface area contributed by atoms with Gasteiger partial charge in [-0.3, -0.25) is 27.3 Å². The molecule has 0 aliphatic carbocycles. The maximum atomic E-state index is 13.4. The normalized spacial score (nSPS) is 16.8. The first-order chi connectivity index (χ1) is 43.0. The Morgan fingerprint density at radius 1 is 0.516 bits per heavy atom. The Kier molecular flexibility index (Phi) is 18.2. The minimum atomic E-state index is -3.60. The fraction of sp³-hybridized carbons (Fsp3) is 0.288. The monoisotopic (exact) mass is 1300 g/mol. The van der Waals surface area contributed by atoms with E-state index in [9.17, 15) is 57.9 Å². The highest BCUT2D eigenvalue weighted by Crippen LogP contribution is 2.45. The average molecular weight is 1310 g/mol. The van der Waals surface area contributed by atoms with E-state index in [0.29, 0.717) is 139 Å². The minimum absolute atomic E-state index is 0.185. The van der Waals surface area contributed by atoms with Crippen LogP contribution in [0.2, 0.25) is 0 Å². The second-order valence-corrected chi connectivity index (χ2v) is 28.7. The maximum absolute atomic E-state index is 13.4. The van der Waals surface area contributed by atoms with Crippen molar-refractivity contribution in [2.75, 3.05) is 72.5 Å². The van der Waals surface area contributed by atoms with E-state index in [0.717, 1.165) is 23.8 Å². The molecule has 3 aromatic heterocycles. The number of hydrogen-bond acceptors (Lipinski definition) is 13. The number of rotatable bonds is 9. The van der Waals surface area contributed by atoms with Crippen LogP contribution in [0.3, 0.4) is 0 Å². The first kappa shape index (κ1) is 65.1. The molecule has 25 heteroatoms. The molecule has 3 aliphatic heterocycles. The molecular formula is C66H67F3N6O13S3. The number of aliphatic hydroxyl groups excluding tert-OH is 1. The second kappa shape index (κ2) is 25.4. The predicted molar refractivity (Wildman–Crippen MR) is 346 cm³/mol. The van der Waals surface area contributed by atoms with E-state index >= 15 is 0 Å². The number of carbonyl (C=O) groups excluding carboxylic acids is 3. The topological polar surface area (TPSA) is 259 Å². The molecule has 478 valence electrons. The zero-order valence-electron chi connectivity index (χ0n) is 51.2. The zero-order chi connectivity index (χ0) is 65.8. The minimum Gasteiger partial charge on any atom is -0.455 e. The molecule has 0 spiro atoms. The van der Waals surface area contributed by atoms with Crippen LogP contribution in [0.15, 0.2) is 128 Å². The number of nitrogens with zero attached hydrogens (tertiary/aromatic N) is 3. The van der Waals surface area contributed by atoms with E-state index in [2.05, 4.69) is 22.9 Å². The van der Waals surface area contributed by atoms with Crippen molar-refractivity contribution in [2.24, 2.45) is 11.8 Å². The number of nitrogens with one attached hydrogen (secondary N) is 3. The van der Waals surface area contributed by atoms with Crippen molar-refractivity contribution in [1.82, 2.24) is 16.0 Å². The van der Waals surface area contributed by atoms with Crippen LogP contribution in [0.1, 0.15) is 93.9 Å². The fourth-order valence-electron chi connectivity index (χ4n) is 11.7. The van der Waals surface area contributed by atoms with Crippen LogP contribution >= 0.6 is 0 Å². The molecule has 0 fully saturated rings. The number of amides is 3. The fourth-order valence-corrected chi connectivity index (χ4v) is 14.6. The molecule has 91 heavy (non-hydrogen) atoms. The number of sulfonamides is 3. The van der Waals surface area contributed by atoms with Crippen LogP contribution in [-0.2, 0) is 36.5 Å². The van der Waals surface area contributed by atoms with E-state index in [4.69, 9.17) is 13.3 Å².